The highest BCUT2D eigenvalue weighted by atomic mass is 16.5. The van der Waals surface area contributed by atoms with Crippen molar-refractivity contribution >= 4 is 5.91 Å². The fourth-order valence-corrected chi connectivity index (χ4v) is 0.650. The molecular weight excluding hydrogens is 142 g/mol. The van der Waals surface area contributed by atoms with Crippen molar-refractivity contribution in [3.05, 3.63) is 0 Å². The molecule has 0 heterocycles. The third-order valence-electron chi connectivity index (χ3n) is 1.29. The summed E-state index contributed by atoms with van der Waals surface area (Å²) in [6, 6.07) is 0. The monoisotopic (exact) mass is 159 g/mol. The summed E-state index contributed by atoms with van der Waals surface area (Å²) >= 11 is 0. The van der Waals surface area contributed by atoms with Crippen molar-refractivity contribution in [2.24, 2.45) is 0 Å². The molecule has 0 aliphatic heterocycles. The lowest BCUT2D eigenvalue weighted by Crippen LogP contribution is -2.28. The smallest absolute Gasteiger partial charge is 0.245 e. The zero-order valence-electron chi connectivity index (χ0n) is 7.35. The molecule has 0 fully saturated rings. The van der Waals surface area contributed by atoms with Gasteiger partial charge in [0, 0.05) is 13.2 Å². The number of carbonyl (C=O) groups is 1. The predicted molar refractivity (Wildman–Crippen MR) is 44.4 cm³/mol. The average Bonchev–Trinajstić information content (AvgIpc) is 2.01. The second-order valence-electron chi connectivity index (χ2n) is 2.34. The van der Waals surface area contributed by atoms with Crippen molar-refractivity contribution in [2.75, 3.05) is 19.8 Å². The lowest BCUT2D eigenvalue weighted by atomic mass is 10.3. The molecule has 3 nitrogen and oxygen atoms in total. The molecule has 1 N–H and O–H groups in total. The third-order valence-corrected chi connectivity index (χ3v) is 1.29. The van der Waals surface area contributed by atoms with Crippen molar-refractivity contribution in [2.45, 2.75) is 26.7 Å². The third kappa shape index (κ3) is 7.33. The summed E-state index contributed by atoms with van der Waals surface area (Å²) in [7, 11) is 0. The van der Waals surface area contributed by atoms with Crippen LogP contribution in [0, 0.1) is 0 Å². The number of amides is 1. The Hall–Kier alpha value is -0.570. The summed E-state index contributed by atoms with van der Waals surface area (Å²) in [4.78, 5) is 10.8. The highest BCUT2D eigenvalue weighted by molar-refractivity contribution is 5.77. The second-order valence-corrected chi connectivity index (χ2v) is 2.34. The van der Waals surface area contributed by atoms with Crippen LogP contribution >= 0.6 is 0 Å². The molecule has 0 bridgehead atoms. The molecule has 0 aromatic carbocycles. The van der Waals surface area contributed by atoms with E-state index < -0.39 is 0 Å². The van der Waals surface area contributed by atoms with Gasteiger partial charge in [-0.05, 0) is 13.3 Å². The van der Waals surface area contributed by atoms with Gasteiger partial charge >= 0.3 is 0 Å². The van der Waals surface area contributed by atoms with Gasteiger partial charge in [0.1, 0.15) is 6.61 Å². The summed E-state index contributed by atoms with van der Waals surface area (Å²) in [6.07, 6.45) is 2.15. The van der Waals surface area contributed by atoms with Crippen LogP contribution in [0.4, 0.5) is 0 Å². The van der Waals surface area contributed by atoms with E-state index in [2.05, 4.69) is 12.2 Å². The molecular formula is C8H17NO2. The Balaban J connectivity index is 3.09. The first-order valence-electron chi connectivity index (χ1n) is 4.15. The molecule has 0 aliphatic carbocycles. The number of rotatable bonds is 6. The first-order valence-corrected chi connectivity index (χ1v) is 4.15. The van der Waals surface area contributed by atoms with E-state index in [-0.39, 0.29) is 12.5 Å². The summed E-state index contributed by atoms with van der Waals surface area (Å²) < 4.78 is 4.91. The average molecular weight is 159 g/mol. The van der Waals surface area contributed by atoms with Gasteiger partial charge in [0.15, 0.2) is 0 Å². The molecule has 0 saturated heterocycles. The van der Waals surface area contributed by atoms with E-state index in [0.29, 0.717) is 6.61 Å². The van der Waals surface area contributed by atoms with Crippen LogP contribution in [-0.4, -0.2) is 25.7 Å². The van der Waals surface area contributed by atoms with Crippen LogP contribution in [0.15, 0.2) is 0 Å². The molecule has 0 spiro atoms. The van der Waals surface area contributed by atoms with Crippen LogP contribution in [-0.2, 0) is 9.53 Å². The summed E-state index contributed by atoms with van der Waals surface area (Å²) in [5, 5.41) is 2.75. The molecule has 0 radical (unpaired) electrons. The second kappa shape index (κ2) is 7.54. The fourth-order valence-electron chi connectivity index (χ4n) is 0.650. The standard InChI is InChI=1S/C8H17NO2/c1-3-5-6-9-8(10)7-11-4-2/h3-7H2,1-2H3,(H,9,10). The Kier molecular flexibility index (Phi) is 7.15. The van der Waals surface area contributed by atoms with Gasteiger partial charge in [-0.1, -0.05) is 13.3 Å². The highest BCUT2D eigenvalue weighted by Gasteiger charge is 1.97. The fraction of sp³-hybridized carbons (Fsp3) is 0.875. The SMILES string of the molecule is CCCCNC(=O)COCC. The van der Waals surface area contributed by atoms with Crippen LogP contribution in [0.5, 0.6) is 0 Å². The maximum absolute atomic E-state index is 10.8. The molecule has 0 rings (SSSR count). The van der Waals surface area contributed by atoms with Gasteiger partial charge in [-0.2, -0.15) is 0 Å². The van der Waals surface area contributed by atoms with E-state index in [4.69, 9.17) is 4.74 Å². The van der Waals surface area contributed by atoms with Crippen LogP contribution in [0.25, 0.3) is 0 Å². The lowest BCUT2D eigenvalue weighted by Gasteiger charge is -2.02. The molecule has 0 aromatic heterocycles. The number of nitrogens with one attached hydrogen (secondary N) is 1. The molecule has 1 amide bonds. The Labute approximate surface area is 68.1 Å². The van der Waals surface area contributed by atoms with Crippen molar-refractivity contribution in [1.29, 1.82) is 0 Å². The number of unbranched alkanes of at least 4 members (excludes halogenated alkanes) is 1. The molecule has 0 saturated carbocycles. The van der Waals surface area contributed by atoms with Crippen molar-refractivity contribution in [1.82, 2.24) is 5.32 Å². The quantitative estimate of drug-likeness (QED) is 0.586. The first kappa shape index (κ1) is 10.4. The van der Waals surface area contributed by atoms with E-state index >= 15 is 0 Å². The largest absolute Gasteiger partial charge is 0.372 e. The Morgan fingerprint density at radius 1 is 1.45 bits per heavy atom. The summed E-state index contributed by atoms with van der Waals surface area (Å²) in [6.45, 7) is 5.53. The number of hydrogen-bond donors (Lipinski definition) is 1. The van der Waals surface area contributed by atoms with Gasteiger partial charge in [0.05, 0.1) is 0 Å². The van der Waals surface area contributed by atoms with E-state index in [1.807, 2.05) is 6.92 Å². The van der Waals surface area contributed by atoms with E-state index in [1.54, 1.807) is 0 Å². The van der Waals surface area contributed by atoms with Gasteiger partial charge in [0.2, 0.25) is 5.91 Å². The van der Waals surface area contributed by atoms with Gasteiger partial charge in [0.25, 0.3) is 0 Å². The minimum absolute atomic E-state index is 0.0136. The topological polar surface area (TPSA) is 38.3 Å². The minimum Gasteiger partial charge on any atom is -0.372 e. The maximum atomic E-state index is 10.8. The molecule has 0 atom stereocenters. The minimum atomic E-state index is -0.0136. The number of ether oxygens (including phenoxy) is 1. The maximum Gasteiger partial charge on any atom is 0.245 e. The van der Waals surface area contributed by atoms with Crippen LogP contribution in [0.1, 0.15) is 26.7 Å². The number of hydrogen-bond acceptors (Lipinski definition) is 2. The predicted octanol–water partition coefficient (Wildman–Crippen LogP) is 0.939. The molecule has 3 heteroatoms. The zero-order chi connectivity index (χ0) is 8.53. The van der Waals surface area contributed by atoms with Gasteiger partial charge in [-0.25, -0.2) is 0 Å². The molecule has 11 heavy (non-hydrogen) atoms. The van der Waals surface area contributed by atoms with Gasteiger partial charge in [-0.15, -0.1) is 0 Å². The highest BCUT2D eigenvalue weighted by Crippen LogP contribution is 1.82. The molecule has 0 aliphatic rings. The van der Waals surface area contributed by atoms with Crippen LogP contribution < -0.4 is 5.32 Å². The van der Waals surface area contributed by atoms with Crippen molar-refractivity contribution in [3.63, 3.8) is 0 Å². The van der Waals surface area contributed by atoms with Gasteiger partial charge in [-0.3, -0.25) is 4.79 Å². The normalized spacial score (nSPS) is 9.64. The van der Waals surface area contributed by atoms with Crippen LogP contribution in [0.3, 0.4) is 0 Å². The van der Waals surface area contributed by atoms with Crippen molar-refractivity contribution in [3.8, 4) is 0 Å². The number of carbonyl (C=O) groups excluding carboxylic acids is 1. The van der Waals surface area contributed by atoms with Gasteiger partial charge < -0.3 is 10.1 Å². The van der Waals surface area contributed by atoms with Crippen LogP contribution in [0.2, 0.25) is 0 Å². The molecule has 0 aromatic rings. The lowest BCUT2D eigenvalue weighted by molar-refractivity contribution is -0.125. The van der Waals surface area contributed by atoms with E-state index in [0.717, 1.165) is 19.4 Å². The molecule has 66 valence electrons. The van der Waals surface area contributed by atoms with E-state index in [1.165, 1.54) is 0 Å². The summed E-state index contributed by atoms with van der Waals surface area (Å²) in [5.74, 6) is -0.0136. The van der Waals surface area contributed by atoms with E-state index in [9.17, 15) is 4.79 Å². The Morgan fingerprint density at radius 3 is 2.73 bits per heavy atom. The first-order chi connectivity index (χ1) is 5.31. The van der Waals surface area contributed by atoms with Crippen molar-refractivity contribution < 1.29 is 9.53 Å². The Bertz CT molecular complexity index is 104. The Morgan fingerprint density at radius 2 is 2.18 bits per heavy atom. The zero-order valence-corrected chi connectivity index (χ0v) is 7.35. The molecule has 0 unspecified atom stereocenters. The summed E-state index contributed by atoms with van der Waals surface area (Å²) in [5.41, 5.74) is 0.